The summed E-state index contributed by atoms with van der Waals surface area (Å²) in [6.45, 7) is 0. The zero-order valence-corrected chi connectivity index (χ0v) is 7.81. The molecule has 0 saturated heterocycles. The van der Waals surface area contributed by atoms with Gasteiger partial charge in [0, 0.05) is 11.8 Å². The van der Waals surface area contributed by atoms with E-state index in [0.29, 0.717) is 11.1 Å². The van der Waals surface area contributed by atoms with Crippen molar-refractivity contribution in [3.05, 3.63) is 35.4 Å². The van der Waals surface area contributed by atoms with Gasteiger partial charge in [0.25, 0.3) is 11.8 Å². The highest BCUT2D eigenvalue weighted by atomic mass is 16.2. The summed E-state index contributed by atoms with van der Waals surface area (Å²) in [6, 6.07) is 6.85. The van der Waals surface area contributed by atoms with E-state index in [1.165, 1.54) is 6.21 Å². The van der Waals surface area contributed by atoms with Crippen LogP contribution in [0.4, 0.5) is 0 Å². The van der Waals surface area contributed by atoms with Crippen LogP contribution in [0.15, 0.2) is 29.3 Å². The van der Waals surface area contributed by atoms with Crippen LogP contribution in [-0.2, 0) is 15.1 Å². The summed E-state index contributed by atoms with van der Waals surface area (Å²) >= 11 is 0. The molecule has 0 bridgehead atoms. The van der Waals surface area contributed by atoms with Crippen LogP contribution in [-0.4, -0.2) is 18.0 Å². The van der Waals surface area contributed by atoms with E-state index in [1.807, 2.05) is 0 Å². The molecule has 1 aliphatic heterocycles. The van der Waals surface area contributed by atoms with Gasteiger partial charge in [-0.25, -0.2) is 0 Å². The van der Waals surface area contributed by atoms with Gasteiger partial charge in [-0.3, -0.25) is 14.6 Å². The zero-order chi connectivity index (χ0) is 11.1. The number of carbonyl (C=O) groups excluding carboxylic acids is 2. The maximum absolute atomic E-state index is 11.3. The highest BCUT2D eigenvalue weighted by Crippen LogP contribution is 2.32. The largest absolute Gasteiger partial charge is 0.367 e. The third-order valence-electron chi connectivity index (χ3n) is 2.46. The first-order valence-corrected chi connectivity index (χ1v) is 4.33. The molecule has 1 aliphatic rings. The molecule has 15 heavy (non-hydrogen) atoms. The Kier molecular flexibility index (Phi) is 1.82. The molecule has 76 valence electrons. The molecule has 0 saturated carbocycles. The summed E-state index contributed by atoms with van der Waals surface area (Å²) < 4.78 is 0. The Bertz CT molecular complexity index is 465. The van der Waals surface area contributed by atoms with Crippen LogP contribution in [0.25, 0.3) is 0 Å². The van der Waals surface area contributed by atoms with E-state index in [1.54, 1.807) is 24.3 Å². The molecule has 1 aromatic carbocycles. The Balaban J connectivity index is 2.70. The monoisotopic (exact) mass is 203 g/mol. The van der Waals surface area contributed by atoms with Crippen LogP contribution >= 0.6 is 0 Å². The summed E-state index contributed by atoms with van der Waals surface area (Å²) in [5.74, 6) is -1.70. The molecule has 2 rings (SSSR count). The second-order valence-corrected chi connectivity index (χ2v) is 3.28. The molecule has 5 nitrogen and oxygen atoms in total. The van der Waals surface area contributed by atoms with E-state index in [9.17, 15) is 9.59 Å². The van der Waals surface area contributed by atoms with Gasteiger partial charge in [0.2, 0.25) is 5.54 Å². The normalized spacial score (nSPS) is 16.0. The number of carbonyl (C=O) groups is 2. The fourth-order valence-corrected chi connectivity index (χ4v) is 1.69. The van der Waals surface area contributed by atoms with Gasteiger partial charge in [0.15, 0.2) is 0 Å². The molecular formula is C10H9N3O2. The van der Waals surface area contributed by atoms with Crippen LogP contribution in [0.2, 0.25) is 0 Å². The van der Waals surface area contributed by atoms with Crippen LogP contribution in [0.3, 0.4) is 0 Å². The number of benzene rings is 1. The lowest BCUT2D eigenvalue weighted by Crippen LogP contribution is -2.49. The van der Waals surface area contributed by atoms with Crippen LogP contribution in [0.1, 0.15) is 11.1 Å². The van der Waals surface area contributed by atoms with E-state index in [4.69, 9.17) is 11.5 Å². The maximum atomic E-state index is 11.3. The lowest BCUT2D eigenvalue weighted by Gasteiger charge is -2.19. The summed E-state index contributed by atoms with van der Waals surface area (Å²) in [5.41, 5.74) is 9.80. The third kappa shape index (κ3) is 1.06. The lowest BCUT2D eigenvalue weighted by molar-refractivity contribution is -0.133. The number of fused-ring (bicyclic) bond motifs is 1. The predicted octanol–water partition coefficient (Wildman–Crippen LogP) is -0.715. The highest BCUT2D eigenvalue weighted by Gasteiger charge is 2.48. The molecule has 2 amide bonds. The van der Waals surface area contributed by atoms with Gasteiger partial charge in [-0.2, -0.15) is 0 Å². The Hall–Kier alpha value is -2.17. The van der Waals surface area contributed by atoms with Crippen molar-refractivity contribution in [2.45, 2.75) is 5.54 Å². The second-order valence-electron chi connectivity index (χ2n) is 3.28. The summed E-state index contributed by atoms with van der Waals surface area (Å²) in [5, 5.41) is 0. The molecule has 0 unspecified atom stereocenters. The van der Waals surface area contributed by atoms with Gasteiger partial charge in [-0.15, -0.1) is 0 Å². The van der Waals surface area contributed by atoms with Crippen molar-refractivity contribution >= 4 is 18.0 Å². The van der Waals surface area contributed by atoms with Gasteiger partial charge in [-0.1, -0.05) is 24.3 Å². The molecular weight excluding hydrogens is 194 g/mol. The molecule has 0 spiro atoms. The standard InChI is InChI=1S/C10H9N3O2/c11-8(14)10(9(12)15)7-4-2-1-3-6(7)5-13-10/h1-5H,(H2,11,14)(H2,12,15). The van der Waals surface area contributed by atoms with Gasteiger partial charge in [0.05, 0.1) is 0 Å². The molecule has 4 N–H and O–H groups in total. The minimum atomic E-state index is -1.73. The average Bonchev–Trinajstić information content (AvgIpc) is 2.57. The Labute approximate surface area is 85.8 Å². The summed E-state index contributed by atoms with van der Waals surface area (Å²) in [6.07, 6.45) is 1.44. The number of primary amides is 2. The Morgan fingerprint density at radius 2 is 1.73 bits per heavy atom. The number of hydrogen-bond acceptors (Lipinski definition) is 3. The van der Waals surface area contributed by atoms with Gasteiger partial charge < -0.3 is 11.5 Å². The van der Waals surface area contributed by atoms with Gasteiger partial charge in [-0.05, 0) is 5.56 Å². The number of amides is 2. The van der Waals surface area contributed by atoms with Crippen LogP contribution in [0, 0.1) is 0 Å². The van der Waals surface area contributed by atoms with E-state index >= 15 is 0 Å². The van der Waals surface area contributed by atoms with Crippen molar-refractivity contribution in [1.29, 1.82) is 0 Å². The fourth-order valence-electron chi connectivity index (χ4n) is 1.69. The summed E-state index contributed by atoms with van der Waals surface area (Å²) in [7, 11) is 0. The second kappa shape index (κ2) is 2.91. The average molecular weight is 203 g/mol. The molecule has 0 aromatic heterocycles. The van der Waals surface area contributed by atoms with Crippen molar-refractivity contribution in [3.8, 4) is 0 Å². The smallest absolute Gasteiger partial charge is 0.259 e. The predicted molar refractivity (Wildman–Crippen MR) is 54.1 cm³/mol. The fraction of sp³-hybridized carbons (Fsp3) is 0.100. The number of nitrogens with two attached hydrogens (primary N) is 2. The first kappa shape index (κ1) is 9.39. The van der Waals surface area contributed by atoms with Crippen LogP contribution < -0.4 is 11.5 Å². The molecule has 0 atom stereocenters. The van der Waals surface area contributed by atoms with Gasteiger partial charge >= 0.3 is 0 Å². The minimum absolute atomic E-state index is 0.449. The SMILES string of the molecule is NC(=O)C1(C(N)=O)N=Cc2ccccc21. The molecule has 1 heterocycles. The van der Waals surface area contributed by atoms with E-state index in [0.717, 1.165) is 0 Å². The minimum Gasteiger partial charge on any atom is -0.367 e. The molecule has 0 radical (unpaired) electrons. The van der Waals surface area contributed by atoms with Crippen molar-refractivity contribution in [1.82, 2.24) is 0 Å². The maximum Gasteiger partial charge on any atom is 0.259 e. The van der Waals surface area contributed by atoms with Crippen molar-refractivity contribution < 1.29 is 9.59 Å². The quantitative estimate of drug-likeness (QED) is 0.620. The van der Waals surface area contributed by atoms with Crippen LogP contribution in [0.5, 0.6) is 0 Å². The van der Waals surface area contributed by atoms with Gasteiger partial charge in [0.1, 0.15) is 0 Å². The topological polar surface area (TPSA) is 98.5 Å². The first-order chi connectivity index (χ1) is 7.09. The van der Waals surface area contributed by atoms with E-state index < -0.39 is 17.4 Å². The highest BCUT2D eigenvalue weighted by molar-refractivity contribution is 6.14. The third-order valence-corrected chi connectivity index (χ3v) is 2.46. The van der Waals surface area contributed by atoms with E-state index in [2.05, 4.69) is 4.99 Å². The Morgan fingerprint density at radius 3 is 2.33 bits per heavy atom. The number of aliphatic imine (C=N–C) groups is 1. The van der Waals surface area contributed by atoms with Crippen molar-refractivity contribution in [2.75, 3.05) is 0 Å². The zero-order valence-electron chi connectivity index (χ0n) is 7.81. The molecule has 0 aliphatic carbocycles. The van der Waals surface area contributed by atoms with E-state index in [-0.39, 0.29) is 0 Å². The van der Waals surface area contributed by atoms with Crippen molar-refractivity contribution in [2.24, 2.45) is 16.5 Å². The number of rotatable bonds is 2. The number of nitrogens with zero attached hydrogens (tertiary/aromatic N) is 1. The lowest BCUT2D eigenvalue weighted by atomic mass is 9.88. The molecule has 0 fully saturated rings. The molecule has 5 heteroatoms. The first-order valence-electron chi connectivity index (χ1n) is 4.33. The Morgan fingerprint density at radius 1 is 1.13 bits per heavy atom. The molecule has 1 aromatic rings. The van der Waals surface area contributed by atoms with Crippen molar-refractivity contribution in [3.63, 3.8) is 0 Å². The number of hydrogen-bond donors (Lipinski definition) is 2. The summed E-state index contributed by atoms with van der Waals surface area (Å²) in [4.78, 5) is 26.5.